The number of thiazole rings is 2. The minimum absolute atomic E-state index is 0.213. The summed E-state index contributed by atoms with van der Waals surface area (Å²) in [6.45, 7) is 4.49. The fraction of sp³-hybridized carbons (Fsp3) is 0.381. The zero-order valence-corrected chi connectivity index (χ0v) is 18.7. The fourth-order valence-electron chi connectivity index (χ4n) is 4.20. The molecule has 0 aliphatic carbocycles. The van der Waals surface area contributed by atoms with Crippen LogP contribution in [-0.2, 0) is 0 Å². The lowest BCUT2D eigenvalue weighted by Gasteiger charge is -2.38. The molecule has 1 aliphatic heterocycles. The Labute approximate surface area is 182 Å². The monoisotopic (exact) mass is 440 g/mol. The zero-order valence-electron chi connectivity index (χ0n) is 17.1. The topological polar surface area (TPSA) is 90.0 Å². The van der Waals surface area contributed by atoms with Crippen LogP contribution in [0.25, 0.3) is 31.4 Å². The quantitative estimate of drug-likeness (QED) is 0.433. The fourth-order valence-corrected chi connectivity index (χ4v) is 6.31. The standard InChI is InChI=1S/C21H24N6OS2/c1-11-6-15(7-12(2)24-11)27(3)21-26-20-19(30-21)25-18(29-20)16-5-4-13(8-17(16)28)14-9-22-23-10-14/h4-5,8-12,15,24,28H,6-7H2,1-3H3,(H,22,23)/t11-,12+,15?. The lowest BCUT2D eigenvalue weighted by Crippen LogP contribution is -2.49. The number of nitrogens with zero attached hydrogens (tertiary/aromatic N) is 4. The van der Waals surface area contributed by atoms with Crippen molar-refractivity contribution in [3.05, 3.63) is 30.6 Å². The molecule has 3 aromatic heterocycles. The van der Waals surface area contributed by atoms with Gasteiger partial charge in [0.2, 0.25) is 0 Å². The number of nitrogens with one attached hydrogen (secondary N) is 2. The molecule has 1 aromatic carbocycles. The molecule has 5 rings (SSSR count). The van der Waals surface area contributed by atoms with Gasteiger partial charge in [0.1, 0.15) is 10.8 Å². The van der Waals surface area contributed by atoms with Gasteiger partial charge in [0, 0.05) is 36.9 Å². The van der Waals surface area contributed by atoms with Crippen molar-refractivity contribution in [1.29, 1.82) is 0 Å². The highest BCUT2D eigenvalue weighted by Crippen LogP contribution is 2.40. The summed E-state index contributed by atoms with van der Waals surface area (Å²) in [5, 5.41) is 22.7. The number of aromatic amines is 1. The molecule has 0 spiro atoms. The molecular formula is C21H24N6OS2. The van der Waals surface area contributed by atoms with Crippen molar-refractivity contribution in [2.24, 2.45) is 0 Å². The lowest BCUT2D eigenvalue weighted by molar-refractivity contribution is 0.311. The average molecular weight is 441 g/mol. The largest absolute Gasteiger partial charge is 0.507 e. The predicted octanol–water partition coefficient (Wildman–Crippen LogP) is 4.48. The Kier molecular flexibility index (Phi) is 4.96. The Balaban J connectivity index is 1.40. The molecule has 3 atom stereocenters. The van der Waals surface area contributed by atoms with E-state index in [2.05, 4.69) is 41.3 Å². The van der Waals surface area contributed by atoms with Gasteiger partial charge in [-0.05, 0) is 44.4 Å². The van der Waals surface area contributed by atoms with E-state index in [0.29, 0.717) is 18.1 Å². The first-order valence-corrected chi connectivity index (χ1v) is 11.7. The van der Waals surface area contributed by atoms with Crippen LogP contribution in [0.1, 0.15) is 26.7 Å². The number of rotatable bonds is 4. The molecule has 1 saturated heterocycles. The summed E-state index contributed by atoms with van der Waals surface area (Å²) in [6.07, 6.45) is 5.77. The normalized spacial score (nSPS) is 21.9. The lowest BCUT2D eigenvalue weighted by atomic mass is 9.95. The van der Waals surface area contributed by atoms with E-state index in [9.17, 15) is 5.11 Å². The van der Waals surface area contributed by atoms with Gasteiger partial charge in [-0.15, -0.1) is 0 Å². The first-order chi connectivity index (χ1) is 14.5. The second-order valence-corrected chi connectivity index (χ2v) is 9.98. The molecule has 1 aliphatic rings. The highest BCUT2D eigenvalue weighted by molar-refractivity contribution is 7.29. The van der Waals surface area contributed by atoms with Crippen LogP contribution in [-0.4, -0.2) is 50.4 Å². The van der Waals surface area contributed by atoms with Crippen LogP contribution in [0.15, 0.2) is 30.6 Å². The molecule has 30 heavy (non-hydrogen) atoms. The molecule has 4 heterocycles. The Morgan fingerprint density at radius 2 is 1.83 bits per heavy atom. The Morgan fingerprint density at radius 3 is 2.50 bits per heavy atom. The van der Waals surface area contributed by atoms with E-state index < -0.39 is 0 Å². The number of aromatic hydroxyl groups is 1. The van der Waals surface area contributed by atoms with E-state index >= 15 is 0 Å². The van der Waals surface area contributed by atoms with Crippen molar-refractivity contribution in [3.8, 4) is 27.4 Å². The number of H-pyrrole nitrogens is 1. The van der Waals surface area contributed by atoms with Crippen molar-refractivity contribution in [2.45, 2.75) is 44.8 Å². The summed E-state index contributed by atoms with van der Waals surface area (Å²) in [6, 6.07) is 7.14. The number of phenols is 1. The van der Waals surface area contributed by atoms with Crippen LogP contribution in [0, 0.1) is 0 Å². The molecule has 4 aromatic rings. The maximum Gasteiger partial charge on any atom is 0.188 e. The number of hydrogen-bond donors (Lipinski definition) is 3. The highest BCUT2D eigenvalue weighted by Gasteiger charge is 2.28. The second-order valence-electron chi connectivity index (χ2n) is 8.05. The van der Waals surface area contributed by atoms with E-state index in [-0.39, 0.29) is 5.75 Å². The van der Waals surface area contributed by atoms with Gasteiger partial charge in [-0.1, -0.05) is 28.7 Å². The van der Waals surface area contributed by atoms with Gasteiger partial charge in [-0.25, -0.2) is 9.97 Å². The molecule has 7 nitrogen and oxygen atoms in total. The number of aromatic nitrogens is 4. The molecular weight excluding hydrogens is 416 g/mol. The van der Waals surface area contributed by atoms with Crippen LogP contribution in [0.4, 0.5) is 5.13 Å². The molecule has 1 unspecified atom stereocenters. The summed E-state index contributed by atoms with van der Waals surface area (Å²) in [5.74, 6) is 0.213. The number of anilines is 1. The van der Waals surface area contributed by atoms with Gasteiger partial charge in [0.05, 0.1) is 11.8 Å². The van der Waals surface area contributed by atoms with Crippen molar-refractivity contribution < 1.29 is 5.11 Å². The van der Waals surface area contributed by atoms with Crippen LogP contribution < -0.4 is 10.2 Å². The first-order valence-electron chi connectivity index (χ1n) is 10.1. The molecule has 0 amide bonds. The number of piperidine rings is 1. The van der Waals surface area contributed by atoms with E-state index in [4.69, 9.17) is 9.97 Å². The average Bonchev–Trinajstić information content (AvgIpc) is 3.43. The van der Waals surface area contributed by atoms with Gasteiger partial charge in [0.25, 0.3) is 0 Å². The van der Waals surface area contributed by atoms with Gasteiger partial charge in [0.15, 0.2) is 14.8 Å². The minimum Gasteiger partial charge on any atom is -0.507 e. The third kappa shape index (κ3) is 3.57. The van der Waals surface area contributed by atoms with Crippen molar-refractivity contribution >= 4 is 37.5 Å². The smallest absolute Gasteiger partial charge is 0.188 e. The number of benzene rings is 1. The zero-order chi connectivity index (χ0) is 20.8. The molecule has 0 radical (unpaired) electrons. The van der Waals surface area contributed by atoms with Crippen molar-refractivity contribution in [3.63, 3.8) is 0 Å². The molecule has 0 saturated carbocycles. The Hall–Kier alpha value is -2.49. The summed E-state index contributed by atoms with van der Waals surface area (Å²) >= 11 is 3.15. The molecule has 156 valence electrons. The Bertz CT molecular complexity index is 1130. The van der Waals surface area contributed by atoms with E-state index in [1.54, 1.807) is 29.8 Å². The number of fused-ring (bicyclic) bond motifs is 1. The van der Waals surface area contributed by atoms with Gasteiger partial charge in [-0.3, -0.25) is 5.10 Å². The maximum absolute atomic E-state index is 10.6. The third-order valence-corrected chi connectivity index (χ3v) is 7.85. The van der Waals surface area contributed by atoms with E-state index in [1.807, 2.05) is 12.1 Å². The van der Waals surface area contributed by atoms with Gasteiger partial charge in [-0.2, -0.15) is 5.10 Å². The van der Waals surface area contributed by atoms with E-state index in [0.717, 1.165) is 49.3 Å². The van der Waals surface area contributed by atoms with Crippen LogP contribution >= 0.6 is 22.7 Å². The summed E-state index contributed by atoms with van der Waals surface area (Å²) in [7, 11) is 2.14. The van der Waals surface area contributed by atoms with Gasteiger partial charge >= 0.3 is 0 Å². The molecule has 1 fully saturated rings. The highest BCUT2D eigenvalue weighted by atomic mass is 32.1. The summed E-state index contributed by atoms with van der Waals surface area (Å²) in [5.41, 5.74) is 2.58. The Morgan fingerprint density at radius 1 is 1.07 bits per heavy atom. The number of phenolic OH excluding ortho intramolecular Hbond substituents is 1. The molecule has 9 heteroatoms. The second kappa shape index (κ2) is 7.64. The predicted molar refractivity (Wildman–Crippen MR) is 123 cm³/mol. The van der Waals surface area contributed by atoms with Crippen LogP contribution in [0.3, 0.4) is 0 Å². The van der Waals surface area contributed by atoms with E-state index in [1.165, 1.54) is 11.3 Å². The molecule has 3 N–H and O–H groups in total. The van der Waals surface area contributed by atoms with Crippen LogP contribution in [0.2, 0.25) is 0 Å². The van der Waals surface area contributed by atoms with Crippen LogP contribution in [0.5, 0.6) is 5.75 Å². The third-order valence-electron chi connectivity index (χ3n) is 5.69. The van der Waals surface area contributed by atoms with Crippen molar-refractivity contribution in [2.75, 3.05) is 11.9 Å². The number of hydrogen-bond acceptors (Lipinski definition) is 8. The SMILES string of the molecule is C[C@@H]1CC(N(C)c2nc3sc(-c4ccc(-c5cn[nH]c5)cc4O)nc3s2)C[C@H](C)N1. The maximum atomic E-state index is 10.6. The molecule has 0 bridgehead atoms. The summed E-state index contributed by atoms with van der Waals surface area (Å²) in [4.78, 5) is 13.8. The minimum atomic E-state index is 0.213. The van der Waals surface area contributed by atoms with Crippen molar-refractivity contribution in [1.82, 2.24) is 25.5 Å². The summed E-state index contributed by atoms with van der Waals surface area (Å²) < 4.78 is 0. The van der Waals surface area contributed by atoms with Gasteiger partial charge < -0.3 is 15.3 Å². The first kappa shape index (κ1) is 19.5.